The molecular formula is C12H15FN4O. The third-order valence-electron chi connectivity index (χ3n) is 2.43. The SMILES string of the molecule is NC(=NCC(=O)Nc1cccc(F)c1)NC1CC1. The van der Waals surface area contributed by atoms with E-state index in [4.69, 9.17) is 5.73 Å². The second-order valence-corrected chi connectivity index (χ2v) is 4.18. The van der Waals surface area contributed by atoms with Gasteiger partial charge in [-0.25, -0.2) is 9.38 Å². The molecule has 1 fully saturated rings. The Balaban J connectivity index is 1.80. The zero-order chi connectivity index (χ0) is 13.0. The summed E-state index contributed by atoms with van der Waals surface area (Å²) >= 11 is 0. The van der Waals surface area contributed by atoms with Crippen LogP contribution in [0.3, 0.4) is 0 Å². The highest BCUT2D eigenvalue weighted by atomic mass is 19.1. The molecule has 1 aromatic rings. The average Bonchev–Trinajstić information content (AvgIpc) is 3.10. The number of hydrogen-bond acceptors (Lipinski definition) is 2. The predicted molar refractivity (Wildman–Crippen MR) is 67.7 cm³/mol. The highest BCUT2D eigenvalue weighted by molar-refractivity contribution is 5.93. The van der Waals surface area contributed by atoms with Crippen LogP contribution >= 0.6 is 0 Å². The molecule has 1 aliphatic carbocycles. The van der Waals surface area contributed by atoms with Crippen LogP contribution < -0.4 is 16.4 Å². The molecule has 0 bridgehead atoms. The fourth-order valence-electron chi connectivity index (χ4n) is 1.41. The number of nitrogens with one attached hydrogen (secondary N) is 2. The summed E-state index contributed by atoms with van der Waals surface area (Å²) in [6.45, 7) is -0.0813. The summed E-state index contributed by atoms with van der Waals surface area (Å²) in [5.74, 6) is -0.459. The van der Waals surface area contributed by atoms with Crippen LogP contribution in [0.1, 0.15) is 12.8 Å². The number of rotatable bonds is 4. The molecule has 1 amide bonds. The number of amides is 1. The fourth-order valence-corrected chi connectivity index (χ4v) is 1.41. The second-order valence-electron chi connectivity index (χ2n) is 4.18. The first-order valence-electron chi connectivity index (χ1n) is 5.75. The highest BCUT2D eigenvalue weighted by Crippen LogP contribution is 2.17. The molecule has 96 valence electrons. The van der Waals surface area contributed by atoms with Crippen LogP contribution in [-0.2, 0) is 4.79 Å². The minimum Gasteiger partial charge on any atom is -0.370 e. The molecule has 0 aromatic heterocycles. The fraction of sp³-hybridized carbons (Fsp3) is 0.333. The number of carbonyl (C=O) groups excluding carboxylic acids is 1. The van der Waals surface area contributed by atoms with E-state index in [9.17, 15) is 9.18 Å². The Morgan fingerprint density at radius 2 is 2.28 bits per heavy atom. The number of guanidine groups is 1. The molecule has 18 heavy (non-hydrogen) atoms. The molecule has 6 heteroatoms. The lowest BCUT2D eigenvalue weighted by Crippen LogP contribution is -2.34. The van der Waals surface area contributed by atoms with Gasteiger partial charge >= 0.3 is 0 Å². The highest BCUT2D eigenvalue weighted by Gasteiger charge is 2.21. The lowest BCUT2D eigenvalue weighted by atomic mass is 10.3. The van der Waals surface area contributed by atoms with Crippen LogP contribution in [0.5, 0.6) is 0 Å². The normalized spacial score (nSPS) is 15.3. The Bertz CT molecular complexity index is 471. The average molecular weight is 250 g/mol. The van der Waals surface area contributed by atoms with E-state index >= 15 is 0 Å². The summed E-state index contributed by atoms with van der Waals surface area (Å²) in [6, 6.07) is 6.09. The van der Waals surface area contributed by atoms with Crippen molar-refractivity contribution in [3.63, 3.8) is 0 Å². The Kier molecular flexibility index (Phi) is 3.76. The zero-order valence-electron chi connectivity index (χ0n) is 9.82. The Hall–Kier alpha value is -2.11. The van der Waals surface area contributed by atoms with Gasteiger partial charge in [-0.05, 0) is 31.0 Å². The summed E-state index contributed by atoms with van der Waals surface area (Å²) in [6.07, 6.45) is 2.18. The van der Waals surface area contributed by atoms with Gasteiger partial charge in [-0.15, -0.1) is 0 Å². The molecule has 1 aliphatic rings. The predicted octanol–water partition coefficient (Wildman–Crippen LogP) is 0.831. The van der Waals surface area contributed by atoms with Crippen molar-refractivity contribution in [1.29, 1.82) is 0 Å². The molecule has 0 unspecified atom stereocenters. The first-order valence-corrected chi connectivity index (χ1v) is 5.75. The minimum absolute atomic E-state index is 0.0813. The molecule has 0 heterocycles. The summed E-state index contributed by atoms with van der Waals surface area (Å²) in [4.78, 5) is 15.4. The van der Waals surface area contributed by atoms with Crippen molar-refractivity contribution in [3.05, 3.63) is 30.1 Å². The number of anilines is 1. The van der Waals surface area contributed by atoms with Gasteiger partial charge in [0, 0.05) is 11.7 Å². The lowest BCUT2D eigenvalue weighted by molar-refractivity contribution is -0.114. The number of benzene rings is 1. The van der Waals surface area contributed by atoms with E-state index in [1.54, 1.807) is 6.07 Å². The lowest BCUT2D eigenvalue weighted by Gasteiger charge is -2.05. The maximum Gasteiger partial charge on any atom is 0.246 e. The number of carbonyl (C=O) groups is 1. The van der Waals surface area contributed by atoms with Gasteiger partial charge in [0.05, 0.1) is 0 Å². The van der Waals surface area contributed by atoms with Crippen LogP contribution in [0.2, 0.25) is 0 Å². The van der Waals surface area contributed by atoms with Gasteiger partial charge in [-0.1, -0.05) is 6.07 Å². The summed E-state index contributed by atoms with van der Waals surface area (Å²) in [7, 11) is 0. The molecule has 5 nitrogen and oxygen atoms in total. The van der Waals surface area contributed by atoms with Gasteiger partial charge in [-0.3, -0.25) is 4.79 Å². The monoisotopic (exact) mass is 250 g/mol. The standard InChI is InChI=1S/C12H15FN4O/c13-8-2-1-3-10(6-8)16-11(18)7-15-12(14)17-9-4-5-9/h1-3,6,9H,4-5,7H2,(H,16,18)(H3,14,15,17). The molecular weight excluding hydrogens is 235 g/mol. The first kappa shape index (κ1) is 12.3. The van der Waals surface area contributed by atoms with E-state index in [2.05, 4.69) is 15.6 Å². The summed E-state index contributed by atoms with van der Waals surface area (Å²) in [5, 5.41) is 5.51. The van der Waals surface area contributed by atoms with Gasteiger partial charge in [0.2, 0.25) is 5.91 Å². The number of nitrogens with zero attached hydrogens (tertiary/aromatic N) is 1. The van der Waals surface area contributed by atoms with E-state index in [-0.39, 0.29) is 18.4 Å². The third-order valence-corrected chi connectivity index (χ3v) is 2.43. The number of halogens is 1. The molecule has 0 aliphatic heterocycles. The topological polar surface area (TPSA) is 79.5 Å². The molecule has 1 aromatic carbocycles. The van der Waals surface area contributed by atoms with Gasteiger partial charge in [0.25, 0.3) is 0 Å². The van der Waals surface area contributed by atoms with E-state index in [0.717, 1.165) is 12.8 Å². The van der Waals surface area contributed by atoms with Crippen LogP contribution in [0, 0.1) is 5.82 Å². The van der Waals surface area contributed by atoms with Crippen LogP contribution in [0.15, 0.2) is 29.3 Å². The number of aliphatic imine (C=N–C) groups is 1. The van der Waals surface area contributed by atoms with Gasteiger partial charge in [-0.2, -0.15) is 0 Å². The molecule has 0 spiro atoms. The van der Waals surface area contributed by atoms with E-state index in [1.165, 1.54) is 18.2 Å². The maximum atomic E-state index is 12.9. The van der Waals surface area contributed by atoms with Crippen LogP contribution in [0.4, 0.5) is 10.1 Å². The molecule has 4 N–H and O–H groups in total. The largest absolute Gasteiger partial charge is 0.370 e. The molecule has 0 radical (unpaired) electrons. The van der Waals surface area contributed by atoms with Crippen molar-refractivity contribution in [3.8, 4) is 0 Å². The first-order chi connectivity index (χ1) is 8.63. The molecule has 1 saturated carbocycles. The van der Waals surface area contributed by atoms with Crippen molar-refractivity contribution in [1.82, 2.24) is 5.32 Å². The molecule has 0 atom stereocenters. The van der Waals surface area contributed by atoms with Gasteiger partial charge in [0.15, 0.2) is 5.96 Å². The second kappa shape index (κ2) is 5.48. The van der Waals surface area contributed by atoms with Crippen molar-refractivity contribution in [2.45, 2.75) is 18.9 Å². The van der Waals surface area contributed by atoms with Gasteiger partial charge in [0.1, 0.15) is 12.4 Å². The Labute approximate surface area is 104 Å². The van der Waals surface area contributed by atoms with E-state index < -0.39 is 5.82 Å². The van der Waals surface area contributed by atoms with Crippen molar-refractivity contribution in [2.24, 2.45) is 10.7 Å². The number of hydrogen-bond donors (Lipinski definition) is 3. The van der Waals surface area contributed by atoms with Crippen LogP contribution in [0.25, 0.3) is 0 Å². The third kappa shape index (κ3) is 4.04. The quantitative estimate of drug-likeness (QED) is 0.547. The molecule has 0 saturated heterocycles. The van der Waals surface area contributed by atoms with Crippen molar-refractivity contribution >= 4 is 17.6 Å². The Morgan fingerprint density at radius 1 is 1.50 bits per heavy atom. The summed E-state index contributed by atoms with van der Waals surface area (Å²) < 4.78 is 12.9. The van der Waals surface area contributed by atoms with E-state index in [0.29, 0.717) is 11.7 Å². The van der Waals surface area contributed by atoms with Gasteiger partial charge < -0.3 is 16.4 Å². The van der Waals surface area contributed by atoms with Crippen molar-refractivity contribution in [2.75, 3.05) is 11.9 Å². The molecule has 2 rings (SSSR count). The Morgan fingerprint density at radius 3 is 2.94 bits per heavy atom. The number of nitrogens with two attached hydrogens (primary N) is 1. The van der Waals surface area contributed by atoms with Crippen LogP contribution in [-0.4, -0.2) is 24.5 Å². The zero-order valence-corrected chi connectivity index (χ0v) is 9.82. The summed E-state index contributed by atoms with van der Waals surface area (Å²) in [5.41, 5.74) is 5.99. The minimum atomic E-state index is -0.397. The van der Waals surface area contributed by atoms with E-state index in [1.807, 2.05) is 0 Å². The van der Waals surface area contributed by atoms with Crippen molar-refractivity contribution < 1.29 is 9.18 Å². The maximum absolute atomic E-state index is 12.9. The smallest absolute Gasteiger partial charge is 0.246 e.